The standard InChI is InChI=1S/C9H17NO4/c1-9(13)3-5-14-6-7(9)10-4-2-8(11)12/h7,10,13H,2-6H2,1H3,(H,11,12)/t7-,9+/m1/s1. The number of ether oxygens (including phenoxy) is 1. The van der Waals surface area contributed by atoms with Gasteiger partial charge in [0.1, 0.15) is 18.2 Å². The van der Waals surface area contributed by atoms with E-state index in [1.54, 1.807) is 6.92 Å². The molecule has 0 bridgehead atoms. The van der Waals surface area contributed by atoms with E-state index in [9.17, 15) is 15.0 Å². The third kappa shape index (κ3) is 3.25. The van der Waals surface area contributed by atoms with Gasteiger partial charge in [0.25, 0.3) is 0 Å². The third-order valence-electron chi connectivity index (χ3n) is 2.65. The zero-order valence-electron chi connectivity index (χ0n) is 8.36. The molecule has 5 heteroatoms. The fourth-order valence-electron chi connectivity index (χ4n) is 1.58. The summed E-state index contributed by atoms with van der Waals surface area (Å²) < 4.78 is 5.22. The van der Waals surface area contributed by atoms with Crippen LogP contribution >= 0.6 is 0 Å². The first-order valence-corrected chi connectivity index (χ1v) is 4.85. The summed E-state index contributed by atoms with van der Waals surface area (Å²) in [5, 5.41) is 21.9. The van der Waals surface area contributed by atoms with Gasteiger partial charge in [0.15, 0.2) is 0 Å². The van der Waals surface area contributed by atoms with Crippen molar-refractivity contribution < 1.29 is 25.1 Å². The van der Waals surface area contributed by atoms with Crippen LogP contribution in [0.1, 0.15) is 19.8 Å². The summed E-state index contributed by atoms with van der Waals surface area (Å²) >= 11 is 0. The van der Waals surface area contributed by atoms with Crippen LogP contribution in [0.4, 0.5) is 0 Å². The van der Waals surface area contributed by atoms with Crippen molar-refractivity contribution in [3.63, 3.8) is 0 Å². The number of nitrogens with two attached hydrogens (primary N) is 1. The number of carboxylic acids is 1. The van der Waals surface area contributed by atoms with Crippen LogP contribution in [0.5, 0.6) is 0 Å². The van der Waals surface area contributed by atoms with Crippen LogP contribution in [0.15, 0.2) is 0 Å². The van der Waals surface area contributed by atoms with Crippen LogP contribution in [-0.2, 0) is 9.53 Å². The lowest BCUT2D eigenvalue weighted by Crippen LogP contribution is -2.96. The second-order valence-corrected chi connectivity index (χ2v) is 3.93. The summed E-state index contributed by atoms with van der Waals surface area (Å²) in [6, 6.07) is -0.0735. The van der Waals surface area contributed by atoms with Gasteiger partial charge in [-0.3, -0.25) is 0 Å². The van der Waals surface area contributed by atoms with Crippen LogP contribution in [-0.4, -0.2) is 42.5 Å². The fourth-order valence-corrected chi connectivity index (χ4v) is 1.58. The second-order valence-electron chi connectivity index (χ2n) is 3.93. The van der Waals surface area contributed by atoms with Gasteiger partial charge in [-0.15, -0.1) is 0 Å². The highest BCUT2D eigenvalue weighted by atomic mass is 16.5. The molecule has 0 aromatic heterocycles. The van der Waals surface area contributed by atoms with E-state index in [-0.39, 0.29) is 12.5 Å². The minimum Gasteiger partial charge on any atom is -0.550 e. The van der Waals surface area contributed by atoms with Gasteiger partial charge >= 0.3 is 0 Å². The monoisotopic (exact) mass is 203 g/mol. The first kappa shape index (κ1) is 11.4. The highest BCUT2D eigenvalue weighted by Gasteiger charge is 2.37. The molecular formula is C9H17NO4. The highest BCUT2D eigenvalue weighted by molar-refractivity contribution is 5.64. The average molecular weight is 203 g/mol. The lowest BCUT2D eigenvalue weighted by molar-refractivity contribution is -0.707. The van der Waals surface area contributed by atoms with E-state index in [2.05, 4.69) is 0 Å². The lowest BCUT2D eigenvalue weighted by atomic mass is 9.91. The molecule has 0 radical (unpaired) electrons. The first-order chi connectivity index (χ1) is 6.52. The molecule has 0 saturated carbocycles. The normalized spacial score (nSPS) is 32.9. The zero-order valence-corrected chi connectivity index (χ0v) is 8.36. The summed E-state index contributed by atoms with van der Waals surface area (Å²) in [5.41, 5.74) is -0.760. The summed E-state index contributed by atoms with van der Waals surface area (Å²) in [5.74, 6) is -1.06. The molecule has 0 amide bonds. The van der Waals surface area contributed by atoms with Gasteiger partial charge in [0.2, 0.25) is 0 Å². The van der Waals surface area contributed by atoms with Crippen molar-refractivity contribution >= 4 is 5.97 Å². The van der Waals surface area contributed by atoms with E-state index in [1.807, 2.05) is 5.32 Å². The van der Waals surface area contributed by atoms with E-state index < -0.39 is 11.6 Å². The summed E-state index contributed by atoms with van der Waals surface area (Å²) in [6.45, 7) is 3.22. The predicted octanol–water partition coefficient (Wildman–Crippen LogP) is -2.77. The minimum absolute atomic E-state index is 0.00653. The first-order valence-electron chi connectivity index (χ1n) is 4.85. The molecule has 0 spiro atoms. The summed E-state index contributed by atoms with van der Waals surface area (Å²) in [4.78, 5) is 10.2. The zero-order chi connectivity index (χ0) is 10.6. The number of quaternary nitrogens is 1. The van der Waals surface area contributed by atoms with Gasteiger partial charge in [0.05, 0.1) is 6.54 Å². The Hall–Kier alpha value is -0.650. The summed E-state index contributed by atoms with van der Waals surface area (Å²) in [7, 11) is 0. The Balaban J connectivity index is 2.31. The molecule has 1 saturated heterocycles. The fraction of sp³-hybridized carbons (Fsp3) is 0.889. The quantitative estimate of drug-likeness (QED) is 0.518. The SMILES string of the molecule is C[C@]1(O)CCOC[C@H]1[NH2+]CCC(=O)[O-]. The van der Waals surface area contributed by atoms with Gasteiger partial charge in [0, 0.05) is 25.4 Å². The van der Waals surface area contributed by atoms with Gasteiger partial charge in [-0.25, -0.2) is 0 Å². The molecule has 0 aromatic rings. The number of carbonyl (C=O) groups is 1. The van der Waals surface area contributed by atoms with Crippen molar-refractivity contribution in [2.24, 2.45) is 0 Å². The Morgan fingerprint density at radius 1 is 1.79 bits per heavy atom. The number of hydrogen-bond acceptors (Lipinski definition) is 4. The van der Waals surface area contributed by atoms with Crippen molar-refractivity contribution in [3.8, 4) is 0 Å². The van der Waals surface area contributed by atoms with Crippen LogP contribution in [0, 0.1) is 0 Å². The third-order valence-corrected chi connectivity index (χ3v) is 2.65. The molecule has 0 aliphatic carbocycles. The molecule has 1 rings (SSSR count). The van der Waals surface area contributed by atoms with Crippen LogP contribution < -0.4 is 10.4 Å². The second kappa shape index (κ2) is 4.72. The molecule has 0 unspecified atom stereocenters. The molecule has 1 aliphatic rings. The molecular weight excluding hydrogens is 186 g/mol. The maximum atomic E-state index is 10.2. The summed E-state index contributed by atoms with van der Waals surface area (Å²) in [6.07, 6.45) is 0.603. The molecule has 82 valence electrons. The Labute approximate surface area is 83.1 Å². The van der Waals surface area contributed by atoms with Gasteiger partial charge in [-0.1, -0.05) is 0 Å². The van der Waals surface area contributed by atoms with Crippen molar-refractivity contribution in [1.29, 1.82) is 0 Å². The van der Waals surface area contributed by atoms with Gasteiger partial charge in [-0.2, -0.15) is 0 Å². The predicted molar refractivity (Wildman–Crippen MR) is 46.3 cm³/mol. The largest absolute Gasteiger partial charge is 0.550 e. The van der Waals surface area contributed by atoms with Crippen LogP contribution in [0.3, 0.4) is 0 Å². The average Bonchev–Trinajstić information content (AvgIpc) is 2.07. The smallest absolute Gasteiger partial charge is 0.138 e. The maximum absolute atomic E-state index is 10.2. The minimum atomic E-state index is -1.06. The molecule has 1 aliphatic heterocycles. The number of carbonyl (C=O) groups excluding carboxylic acids is 1. The van der Waals surface area contributed by atoms with Gasteiger partial charge < -0.3 is 25.1 Å². The van der Waals surface area contributed by atoms with Crippen molar-refractivity contribution in [2.45, 2.75) is 31.4 Å². The number of aliphatic hydroxyl groups is 1. The van der Waals surface area contributed by atoms with E-state index in [1.165, 1.54) is 0 Å². The molecule has 1 heterocycles. The van der Waals surface area contributed by atoms with Crippen molar-refractivity contribution in [2.75, 3.05) is 19.8 Å². The number of aliphatic carboxylic acids is 1. The molecule has 2 atom stereocenters. The number of carboxylic acid groups (broad SMARTS) is 1. The molecule has 0 aromatic carbocycles. The van der Waals surface area contributed by atoms with Gasteiger partial charge in [-0.05, 0) is 6.92 Å². The van der Waals surface area contributed by atoms with Crippen LogP contribution in [0.25, 0.3) is 0 Å². The van der Waals surface area contributed by atoms with E-state index in [4.69, 9.17) is 4.74 Å². The maximum Gasteiger partial charge on any atom is 0.138 e. The molecule has 3 N–H and O–H groups in total. The van der Waals surface area contributed by atoms with Crippen molar-refractivity contribution in [3.05, 3.63) is 0 Å². The van der Waals surface area contributed by atoms with E-state index in [0.717, 1.165) is 0 Å². The Morgan fingerprint density at radius 3 is 3.07 bits per heavy atom. The van der Waals surface area contributed by atoms with Crippen LogP contribution in [0.2, 0.25) is 0 Å². The number of rotatable bonds is 4. The van der Waals surface area contributed by atoms with E-state index >= 15 is 0 Å². The topological polar surface area (TPSA) is 86.2 Å². The molecule has 14 heavy (non-hydrogen) atoms. The van der Waals surface area contributed by atoms with E-state index in [0.29, 0.717) is 26.2 Å². The Kier molecular flexibility index (Phi) is 3.86. The van der Waals surface area contributed by atoms with Crippen molar-refractivity contribution in [1.82, 2.24) is 0 Å². The lowest BCUT2D eigenvalue weighted by Gasteiger charge is -2.34. The molecule has 1 fully saturated rings. The highest BCUT2D eigenvalue weighted by Crippen LogP contribution is 2.17. The Bertz CT molecular complexity index is 205. The Morgan fingerprint density at radius 2 is 2.50 bits per heavy atom. The molecule has 5 nitrogen and oxygen atoms in total. The number of hydrogen-bond donors (Lipinski definition) is 2.